The number of hydrogen-bond acceptors (Lipinski definition) is 3. The average Bonchev–Trinajstić information content (AvgIpc) is 2.56. The van der Waals surface area contributed by atoms with Crippen molar-refractivity contribution in [3.8, 4) is 16.9 Å². The molecular weight excluding hydrogens is 276 g/mol. The zero-order valence-electron chi connectivity index (χ0n) is 13.3. The lowest BCUT2D eigenvalue weighted by Crippen LogP contribution is -2.07. The third-order valence-electron chi connectivity index (χ3n) is 3.48. The minimum absolute atomic E-state index is 0.178. The van der Waals surface area contributed by atoms with Gasteiger partial charge < -0.3 is 9.47 Å². The highest BCUT2D eigenvalue weighted by molar-refractivity contribution is 5.69. The van der Waals surface area contributed by atoms with Gasteiger partial charge in [-0.3, -0.25) is 4.79 Å². The summed E-state index contributed by atoms with van der Waals surface area (Å²) in [6.07, 6.45) is 0.177. The van der Waals surface area contributed by atoms with Gasteiger partial charge in [-0.25, -0.2) is 0 Å². The van der Waals surface area contributed by atoms with Gasteiger partial charge in [0.15, 0.2) is 0 Å². The Hall–Kier alpha value is -2.29. The number of hydrogen-bond donors (Lipinski definition) is 0. The largest absolute Gasteiger partial charge is 0.494 e. The van der Waals surface area contributed by atoms with Crippen LogP contribution in [0.3, 0.4) is 0 Å². The molecule has 0 fully saturated rings. The topological polar surface area (TPSA) is 35.5 Å². The van der Waals surface area contributed by atoms with E-state index in [1.807, 2.05) is 62.4 Å². The molecule has 22 heavy (non-hydrogen) atoms. The Morgan fingerprint density at radius 2 is 1.50 bits per heavy atom. The van der Waals surface area contributed by atoms with Crippen molar-refractivity contribution in [3.05, 3.63) is 54.1 Å². The van der Waals surface area contributed by atoms with E-state index in [4.69, 9.17) is 9.47 Å². The lowest BCUT2D eigenvalue weighted by Gasteiger charge is -2.13. The number of benzene rings is 2. The second kappa shape index (κ2) is 7.64. The third-order valence-corrected chi connectivity index (χ3v) is 3.48. The van der Waals surface area contributed by atoms with E-state index in [9.17, 15) is 4.79 Å². The maximum absolute atomic E-state index is 11.3. The SMILES string of the molecule is CCOc1ccc(-c2ccc(C(C)OC(=O)CC)cc2)cc1. The van der Waals surface area contributed by atoms with Gasteiger partial charge in [0.1, 0.15) is 11.9 Å². The second-order valence-corrected chi connectivity index (χ2v) is 5.07. The molecule has 0 heterocycles. The predicted octanol–water partition coefficient (Wildman–Crippen LogP) is 4.77. The minimum atomic E-state index is -0.221. The summed E-state index contributed by atoms with van der Waals surface area (Å²) < 4.78 is 10.8. The van der Waals surface area contributed by atoms with Gasteiger partial charge in [0.05, 0.1) is 6.61 Å². The fourth-order valence-corrected chi connectivity index (χ4v) is 2.21. The van der Waals surface area contributed by atoms with Crippen molar-refractivity contribution in [2.45, 2.75) is 33.3 Å². The maximum Gasteiger partial charge on any atom is 0.306 e. The van der Waals surface area contributed by atoms with Crippen molar-refractivity contribution in [3.63, 3.8) is 0 Å². The molecule has 3 nitrogen and oxygen atoms in total. The standard InChI is InChI=1S/C19H22O3/c1-4-19(20)22-14(3)15-6-8-16(9-7-15)17-10-12-18(13-11-17)21-5-2/h6-14H,4-5H2,1-3H3. The number of rotatable bonds is 6. The molecule has 0 spiro atoms. The Kier molecular flexibility index (Phi) is 5.59. The summed E-state index contributed by atoms with van der Waals surface area (Å²) in [7, 11) is 0. The van der Waals surface area contributed by atoms with E-state index in [2.05, 4.69) is 0 Å². The van der Waals surface area contributed by atoms with Gasteiger partial charge >= 0.3 is 5.97 Å². The van der Waals surface area contributed by atoms with Crippen LogP contribution in [0.2, 0.25) is 0 Å². The Morgan fingerprint density at radius 1 is 0.955 bits per heavy atom. The van der Waals surface area contributed by atoms with Crippen LogP contribution in [0.5, 0.6) is 5.75 Å². The molecule has 0 aliphatic rings. The summed E-state index contributed by atoms with van der Waals surface area (Å²) in [5.74, 6) is 0.700. The van der Waals surface area contributed by atoms with Crippen molar-refractivity contribution < 1.29 is 14.3 Å². The fourth-order valence-electron chi connectivity index (χ4n) is 2.21. The highest BCUT2D eigenvalue weighted by Crippen LogP contribution is 2.25. The van der Waals surface area contributed by atoms with Gasteiger partial charge in [-0.15, -0.1) is 0 Å². The Labute approximate surface area is 131 Å². The van der Waals surface area contributed by atoms with E-state index >= 15 is 0 Å². The number of carbonyl (C=O) groups is 1. The molecule has 0 amide bonds. The summed E-state index contributed by atoms with van der Waals surface area (Å²) in [5, 5.41) is 0. The molecular formula is C19H22O3. The molecule has 2 rings (SSSR count). The van der Waals surface area contributed by atoms with Gasteiger partial charge in [0.2, 0.25) is 0 Å². The van der Waals surface area contributed by atoms with Gasteiger partial charge in [-0.05, 0) is 42.7 Å². The molecule has 0 aromatic heterocycles. The predicted molar refractivity (Wildman–Crippen MR) is 87.8 cm³/mol. The second-order valence-electron chi connectivity index (χ2n) is 5.07. The van der Waals surface area contributed by atoms with Crippen molar-refractivity contribution in [2.75, 3.05) is 6.61 Å². The van der Waals surface area contributed by atoms with Crippen molar-refractivity contribution in [2.24, 2.45) is 0 Å². The van der Waals surface area contributed by atoms with Crippen LogP contribution in [-0.4, -0.2) is 12.6 Å². The smallest absolute Gasteiger partial charge is 0.306 e. The molecule has 1 atom stereocenters. The molecule has 0 aliphatic heterocycles. The first-order valence-corrected chi connectivity index (χ1v) is 7.66. The molecule has 116 valence electrons. The molecule has 0 aliphatic carbocycles. The van der Waals surface area contributed by atoms with Crippen LogP contribution in [0.15, 0.2) is 48.5 Å². The molecule has 1 unspecified atom stereocenters. The van der Waals surface area contributed by atoms with E-state index in [0.717, 1.165) is 22.4 Å². The Balaban J connectivity index is 2.09. The zero-order chi connectivity index (χ0) is 15.9. The first-order valence-electron chi connectivity index (χ1n) is 7.66. The molecule has 0 saturated carbocycles. The number of ether oxygens (including phenoxy) is 2. The van der Waals surface area contributed by atoms with E-state index < -0.39 is 0 Å². The van der Waals surface area contributed by atoms with Crippen molar-refractivity contribution in [1.82, 2.24) is 0 Å². The van der Waals surface area contributed by atoms with E-state index in [-0.39, 0.29) is 12.1 Å². The average molecular weight is 298 g/mol. The van der Waals surface area contributed by atoms with E-state index in [0.29, 0.717) is 13.0 Å². The lowest BCUT2D eigenvalue weighted by molar-refractivity contribution is -0.148. The molecule has 0 saturated heterocycles. The number of carbonyl (C=O) groups excluding carboxylic acids is 1. The molecule has 3 heteroatoms. The van der Waals surface area contributed by atoms with E-state index in [1.54, 1.807) is 6.92 Å². The van der Waals surface area contributed by atoms with Crippen molar-refractivity contribution in [1.29, 1.82) is 0 Å². The first-order chi connectivity index (χ1) is 10.6. The van der Waals surface area contributed by atoms with Crippen LogP contribution >= 0.6 is 0 Å². The maximum atomic E-state index is 11.3. The van der Waals surface area contributed by atoms with Gasteiger partial charge in [-0.2, -0.15) is 0 Å². The quantitative estimate of drug-likeness (QED) is 0.721. The Morgan fingerprint density at radius 3 is 2.00 bits per heavy atom. The molecule has 0 N–H and O–H groups in total. The van der Waals surface area contributed by atoms with Crippen LogP contribution < -0.4 is 4.74 Å². The normalized spacial score (nSPS) is 11.8. The van der Waals surface area contributed by atoms with Crippen molar-refractivity contribution >= 4 is 5.97 Å². The number of esters is 1. The first kappa shape index (κ1) is 16.1. The molecule has 0 radical (unpaired) electrons. The summed E-state index contributed by atoms with van der Waals surface area (Å²) in [6, 6.07) is 16.1. The fraction of sp³-hybridized carbons (Fsp3) is 0.316. The van der Waals surface area contributed by atoms with Crippen LogP contribution in [-0.2, 0) is 9.53 Å². The molecule has 0 bridgehead atoms. The molecule has 2 aromatic rings. The highest BCUT2D eigenvalue weighted by atomic mass is 16.5. The summed E-state index contributed by atoms with van der Waals surface area (Å²) in [5.41, 5.74) is 3.26. The lowest BCUT2D eigenvalue weighted by atomic mass is 10.0. The van der Waals surface area contributed by atoms with Gasteiger partial charge in [0, 0.05) is 6.42 Å². The van der Waals surface area contributed by atoms with Crippen LogP contribution in [0.25, 0.3) is 11.1 Å². The van der Waals surface area contributed by atoms with Gasteiger partial charge in [-0.1, -0.05) is 43.3 Å². The minimum Gasteiger partial charge on any atom is -0.494 e. The van der Waals surface area contributed by atoms with E-state index in [1.165, 1.54) is 0 Å². The van der Waals surface area contributed by atoms with Crippen LogP contribution in [0.1, 0.15) is 38.9 Å². The monoisotopic (exact) mass is 298 g/mol. The summed E-state index contributed by atoms with van der Waals surface area (Å²) >= 11 is 0. The highest BCUT2D eigenvalue weighted by Gasteiger charge is 2.10. The van der Waals surface area contributed by atoms with Gasteiger partial charge in [0.25, 0.3) is 0 Å². The zero-order valence-corrected chi connectivity index (χ0v) is 13.3. The Bertz CT molecular complexity index is 600. The van der Waals surface area contributed by atoms with Crippen LogP contribution in [0, 0.1) is 0 Å². The molecule has 2 aromatic carbocycles. The third kappa shape index (κ3) is 4.10. The summed E-state index contributed by atoms with van der Waals surface area (Å²) in [6.45, 7) is 6.32. The summed E-state index contributed by atoms with van der Waals surface area (Å²) in [4.78, 5) is 11.3. The van der Waals surface area contributed by atoms with Crippen LogP contribution in [0.4, 0.5) is 0 Å².